The minimum atomic E-state index is -0.388. The van der Waals surface area contributed by atoms with Crippen molar-refractivity contribution in [1.82, 2.24) is 0 Å². The molecular weight excluding hydrogens is 366 g/mol. The second-order valence-corrected chi connectivity index (χ2v) is 9.20. The molecule has 1 aliphatic carbocycles. The molecule has 0 fully saturated rings. The van der Waals surface area contributed by atoms with Gasteiger partial charge in [-0.2, -0.15) is 5.26 Å². The molecule has 1 aliphatic rings. The third-order valence-electron chi connectivity index (χ3n) is 4.95. The number of halogens is 1. The summed E-state index contributed by atoms with van der Waals surface area (Å²) in [5, 5.41) is 16.3. The molecule has 0 bridgehead atoms. The zero-order valence-corrected chi connectivity index (χ0v) is 16.7. The van der Waals surface area contributed by atoms with E-state index in [0.29, 0.717) is 27.2 Å². The van der Waals surface area contributed by atoms with E-state index in [4.69, 9.17) is 11.6 Å². The largest absolute Gasteiger partial charge is 0.324 e. The summed E-state index contributed by atoms with van der Waals surface area (Å²) in [6.45, 7) is 6.78. The molecule has 0 spiro atoms. The van der Waals surface area contributed by atoms with Gasteiger partial charge in [-0.1, -0.05) is 44.5 Å². The van der Waals surface area contributed by atoms with E-state index in [9.17, 15) is 10.1 Å². The first-order valence-corrected chi connectivity index (χ1v) is 9.86. The molecule has 0 unspecified atom stereocenters. The molecule has 1 heterocycles. The number of nitrogens with zero attached hydrogens (tertiary/aromatic N) is 1. The molecule has 1 aromatic heterocycles. The van der Waals surface area contributed by atoms with Crippen LogP contribution in [0.2, 0.25) is 5.02 Å². The molecule has 1 atom stereocenters. The summed E-state index contributed by atoms with van der Waals surface area (Å²) in [4.78, 5) is 13.6. The number of rotatable bonds is 2. The third-order valence-corrected chi connectivity index (χ3v) is 6.45. The van der Waals surface area contributed by atoms with Gasteiger partial charge >= 0.3 is 6.03 Å². The SMILES string of the molecule is CC(C)(C)[C@@H]1CCc2c(sc(NC(=O)Nc3ccccc3Cl)c2C#N)C1. The lowest BCUT2D eigenvalue weighted by Gasteiger charge is -2.33. The van der Waals surface area contributed by atoms with Gasteiger partial charge in [0.1, 0.15) is 11.1 Å². The number of urea groups is 1. The van der Waals surface area contributed by atoms with Gasteiger partial charge in [0, 0.05) is 4.88 Å². The summed E-state index contributed by atoms with van der Waals surface area (Å²) in [6, 6.07) is 8.95. The topological polar surface area (TPSA) is 64.9 Å². The number of nitrogens with one attached hydrogen (secondary N) is 2. The third kappa shape index (κ3) is 3.87. The van der Waals surface area contributed by atoms with Crippen LogP contribution in [0.15, 0.2) is 24.3 Å². The molecule has 3 rings (SSSR count). The lowest BCUT2D eigenvalue weighted by atomic mass is 9.72. The molecule has 0 saturated carbocycles. The molecule has 1 aromatic carbocycles. The van der Waals surface area contributed by atoms with Gasteiger partial charge < -0.3 is 5.32 Å². The van der Waals surface area contributed by atoms with Crippen molar-refractivity contribution in [3.8, 4) is 6.07 Å². The highest BCUT2D eigenvalue weighted by atomic mass is 35.5. The molecule has 0 radical (unpaired) electrons. The Balaban J connectivity index is 1.79. The molecule has 26 heavy (non-hydrogen) atoms. The van der Waals surface area contributed by atoms with Crippen molar-refractivity contribution in [2.75, 3.05) is 10.6 Å². The van der Waals surface area contributed by atoms with Crippen molar-refractivity contribution in [3.05, 3.63) is 45.3 Å². The number of hydrogen-bond donors (Lipinski definition) is 2. The second kappa shape index (κ2) is 7.30. The molecule has 2 aromatic rings. The van der Waals surface area contributed by atoms with E-state index in [1.165, 1.54) is 16.2 Å². The van der Waals surface area contributed by atoms with Gasteiger partial charge in [0.05, 0.1) is 16.3 Å². The van der Waals surface area contributed by atoms with E-state index in [0.717, 1.165) is 24.8 Å². The molecule has 0 aliphatic heterocycles. The fourth-order valence-corrected chi connectivity index (χ4v) is 4.81. The van der Waals surface area contributed by atoms with Crippen LogP contribution in [0.3, 0.4) is 0 Å². The van der Waals surface area contributed by atoms with Crippen LogP contribution in [0, 0.1) is 22.7 Å². The monoisotopic (exact) mass is 387 g/mol. The van der Waals surface area contributed by atoms with Gasteiger partial charge in [0.25, 0.3) is 0 Å². The Morgan fingerprint density at radius 3 is 2.69 bits per heavy atom. The van der Waals surface area contributed by atoms with E-state index in [1.54, 1.807) is 24.3 Å². The smallest absolute Gasteiger partial charge is 0.306 e. The highest BCUT2D eigenvalue weighted by Gasteiger charge is 2.32. The number of para-hydroxylation sites is 1. The number of carbonyl (C=O) groups excluding carboxylic acids is 1. The maximum absolute atomic E-state index is 12.4. The standard InChI is InChI=1S/C20H22ClN3OS/c1-20(2,3)12-8-9-13-14(11-22)18(26-17(13)10-12)24-19(25)23-16-7-5-4-6-15(16)21/h4-7,12H,8-10H2,1-3H3,(H2,23,24,25)/t12-/m1/s1. The van der Waals surface area contributed by atoms with E-state index < -0.39 is 0 Å². The quantitative estimate of drug-likeness (QED) is 0.656. The number of anilines is 2. The van der Waals surface area contributed by atoms with E-state index in [1.807, 2.05) is 0 Å². The van der Waals surface area contributed by atoms with E-state index in [-0.39, 0.29) is 11.4 Å². The normalized spacial score (nSPS) is 16.5. The van der Waals surface area contributed by atoms with Gasteiger partial charge in [0.15, 0.2) is 0 Å². The van der Waals surface area contributed by atoms with Gasteiger partial charge in [-0.3, -0.25) is 5.32 Å². The van der Waals surface area contributed by atoms with Crippen molar-refractivity contribution in [2.45, 2.75) is 40.0 Å². The number of fused-ring (bicyclic) bond motifs is 1. The molecule has 6 heteroatoms. The maximum Gasteiger partial charge on any atom is 0.324 e. The fraction of sp³-hybridized carbons (Fsp3) is 0.400. The highest BCUT2D eigenvalue weighted by molar-refractivity contribution is 7.16. The summed E-state index contributed by atoms with van der Waals surface area (Å²) < 4.78 is 0. The molecule has 2 amide bonds. The number of hydrogen-bond acceptors (Lipinski definition) is 3. The number of benzene rings is 1. The minimum Gasteiger partial charge on any atom is -0.306 e. The molecular formula is C20H22ClN3OS. The van der Waals surface area contributed by atoms with Crippen LogP contribution in [0.25, 0.3) is 0 Å². The van der Waals surface area contributed by atoms with Crippen LogP contribution in [0.5, 0.6) is 0 Å². The number of carbonyl (C=O) groups is 1. The maximum atomic E-state index is 12.4. The first-order chi connectivity index (χ1) is 12.3. The lowest BCUT2D eigenvalue weighted by molar-refractivity contribution is 0.218. The molecule has 2 N–H and O–H groups in total. The van der Waals surface area contributed by atoms with Crippen LogP contribution in [0.4, 0.5) is 15.5 Å². The summed E-state index contributed by atoms with van der Waals surface area (Å²) in [5.74, 6) is 0.588. The Kier molecular flexibility index (Phi) is 5.27. The predicted molar refractivity (Wildman–Crippen MR) is 108 cm³/mol. The number of amides is 2. The van der Waals surface area contributed by atoms with Gasteiger partial charge in [-0.05, 0) is 48.3 Å². The number of thiophene rings is 1. The zero-order chi connectivity index (χ0) is 18.9. The van der Waals surface area contributed by atoms with Crippen LogP contribution >= 0.6 is 22.9 Å². The molecule has 0 saturated heterocycles. The fourth-order valence-electron chi connectivity index (χ4n) is 3.35. The summed E-state index contributed by atoms with van der Waals surface area (Å²) in [6.07, 6.45) is 2.93. The molecule has 136 valence electrons. The van der Waals surface area contributed by atoms with Crippen molar-refractivity contribution in [3.63, 3.8) is 0 Å². The minimum absolute atomic E-state index is 0.240. The predicted octanol–water partition coefficient (Wildman–Crippen LogP) is 6.07. The zero-order valence-electron chi connectivity index (χ0n) is 15.1. The second-order valence-electron chi connectivity index (χ2n) is 7.68. The van der Waals surface area contributed by atoms with Gasteiger partial charge in [-0.15, -0.1) is 11.3 Å². The van der Waals surface area contributed by atoms with Crippen LogP contribution in [0.1, 0.15) is 43.2 Å². The molecule has 4 nitrogen and oxygen atoms in total. The van der Waals surface area contributed by atoms with Gasteiger partial charge in [-0.25, -0.2) is 4.79 Å². The summed E-state index contributed by atoms with van der Waals surface area (Å²) in [5.41, 5.74) is 2.49. The first-order valence-electron chi connectivity index (χ1n) is 8.66. The van der Waals surface area contributed by atoms with Crippen LogP contribution < -0.4 is 10.6 Å². The Morgan fingerprint density at radius 1 is 1.31 bits per heavy atom. The van der Waals surface area contributed by atoms with E-state index >= 15 is 0 Å². The summed E-state index contributed by atoms with van der Waals surface area (Å²) in [7, 11) is 0. The van der Waals surface area contributed by atoms with Crippen molar-refractivity contribution >= 4 is 39.7 Å². The Labute approximate surface area is 163 Å². The average Bonchev–Trinajstić information content (AvgIpc) is 2.92. The number of nitriles is 1. The summed E-state index contributed by atoms with van der Waals surface area (Å²) >= 11 is 7.60. The van der Waals surface area contributed by atoms with E-state index in [2.05, 4.69) is 37.5 Å². The highest BCUT2D eigenvalue weighted by Crippen LogP contribution is 2.44. The van der Waals surface area contributed by atoms with Gasteiger partial charge in [0.2, 0.25) is 0 Å². The van der Waals surface area contributed by atoms with Crippen LogP contribution in [-0.2, 0) is 12.8 Å². The van der Waals surface area contributed by atoms with Crippen molar-refractivity contribution in [2.24, 2.45) is 11.3 Å². The van der Waals surface area contributed by atoms with Crippen molar-refractivity contribution in [1.29, 1.82) is 5.26 Å². The Bertz CT molecular complexity index is 876. The average molecular weight is 388 g/mol. The Morgan fingerprint density at radius 2 is 2.04 bits per heavy atom. The Hall–Kier alpha value is -2.03. The first kappa shape index (κ1) is 18.8. The lowest BCUT2D eigenvalue weighted by Crippen LogP contribution is -2.26. The van der Waals surface area contributed by atoms with Crippen molar-refractivity contribution < 1.29 is 4.79 Å². The van der Waals surface area contributed by atoms with Crippen LogP contribution in [-0.4, -0.2) is 6.03 Å².